The molecule has 0 spiro atoms. The molecule has 0 saturated carbocycles. The van der Waals surface area contributed by atoms with Crippen molar-refractivity contribution in [2.45, 2.75) is 25.2 Å². The van der Waals surface area contributed by atoms with Crippen molar-refractivity contribution in [1.82, 2.24) is 4.90 Å². The van der Waals surface area contributed by atoms with E-state index in [9.17, 15) is 13.2 Å². The number of nitrogens with zero attached hydrogens (tertiary/aromatic N) is 1. The van der Waals surface area contributed by atoms with E-state index in [4.69, 9.17) is 21.1 Å². The molecule has 4 rings (SSSR count). The molecule has 0 aromatic heterocycles. The van der Waals surface area contributed by atoms with Gasteiger partial charge in [-0.15, -0.1) is 0 Å². The molecule has 0 unspecified atom stereocenters. The van der Waals surface area contributed by atoms with Crippen LogP contribution in [0.4, 0.5) is 13.2 Å². The zero-order chi connectivity index (χ0) is 22.6. The predicted octanol–water partition coefficient (Wildman–Crippen LogP) is 6.24. The van der Waals surface area contributed by atoms with Crippen molar-refractivity contribution in [1.29, 1.82) is 0 Å². The third kappa shape index (κ3) is 5.96. The first-order chi connectivity index (χ1) is 15.4. The Bertz CT molecular complexity index is 1040. The lowest BCUT2D eigenvalue weighted by Gasteiger charge is -2.39. The summed E-state index contributed by atoms with van der Waals surface area (Å²) in [7, 11) is 0. The molecule has 0 N–H and O–H groups in total. The van der Waals surface area contributed by atoms with Gasteiger partial charge in [-0.3, -0.25) is 4.90 Å². The zero-order valence-electron chi connectivity index (χ0n) is 17.3. The molecule has 0 radical (unpaired) electrons. The fourth-order valence-electron chi connectivity index (χ4n) is 3.62. The van der Waals surface area contributed by atoms with Crippen LogP contribution in [0.25, 0.3) is 0 Å². The van der Waals surface area contributed by atoms with Gasteiger partial charge in [0.25, 0.3) is 0 Å². The Hall–Kier alpha value is -2.70. The molecule has 3 aromatic carbocycles. The Morgan fingerprint density at radius 2 is 1.62 bits per heavy atom. The lowest BCUT2D eigenvalue weighted by Crippen LogP contribution is -2.53. The molecule has 1 fully saturated rings. The Kier molecular flexibility index (Phi) is 6.92. The molecule has 3 aromatic rings. The molecule has 0 atom stereocenters. The molecule has 32 heavy (non-hydrogen) atoms. The molecule has 1 aliphatic rings. The quantitative estimate of drug-likeness (QED) is 0.396. The molecular formula is C25H23ClF3NO2. The van der Waals surface area contributed by atoms with E-state index in [1.54, 1.807) is 24.3 Å². The Morgan fingerprint density at radius 1 is 0.875 bits per heavy atom. The van der Waals surface area contributed by atoms with Crippen LogP contribution in [0.5, 0.6) is 11.5 Å². The van der Waals surface area contributed by atoms with Gasteiger partial charge in [0.1, 0.15) is 6.10 Å². The van der Waals surface area contributed by atoms with Crippen LogP contribution in [-0.2, 0) is 19.1 Å². The van der Waals surface area contributed by atoms with Gasteiger partial charge in [0.05, 0.1) is 12.2 Å². The van der Waals surface area contributed by atoms with Crippen molar-refractivity contribution in [2.24, 2.45) is 0 Å². The van der Waals surface area contributed by atoms with Crippen molar-refractivity contribution in [3.05, 3.63) is 94.5 Å². The summed E-state index contributed by atoms with van der Waals surface area (Å²) in [5, 5.41) is 0.533. The molecule has 0 aliphatic carbocycles. The lowest BCUT2D eigenvalue weighted by molar-refractivity contribution is -0.137. The fraction of sp³-hybridized carbons (Fsp3) is 0.280. The highest BCUT2D eigenvalue weighted by molar-refractivity contribution is 6.30. The summed E-state index contributed by atoms with van der Waals surface area (Å²) in [6.45, 7) is 2.69. The number of benzene rings is 3. The standard InChI is InChI=1S/C25H23ClF3NO2/c26-21-9-10-23(31-12-11-18-7-4-8-20(13-18)25(27,28)29)24(14-21)32-22-16-30(17-22)15-19-5-2-1-3-6-19/h1-10,13-14,22H,11-12,15-17H2. The molecule has 0 amide bonds. The topological polar surface area (TPSA) is 21.7 Å². The molecule has 0 bridgehead atoms. The maximum atomic E-state index is 12.9. The van der Waals surface area contributed by atoms with Gasteiger partial charge in [-0.05, 0) is 29.3 Å². The van der Waals surface area contributed by atoms with Crippen molar-refractivity contribution < 1.29 is 22.6 Å². The average molecular weight is 462 g/mol. The molecule has 1 aliphatic heterocycles. The molecule has 3 nitrogen and oxygen atoms in total. The third-order valence-corrected chi connectivity index (χ3v) is 5.51. The molecule has 168 valence electrons. The normalized spacial score (nSPS) is 14.8. The Labute approximate surface area is 190 Å². The van der Waals surface area contributed by atoms with E-state index >= 15 is 0 Å². The second-order valence-electron chi connectivity index (χ2n) is 7.81. The average Bonchev–Trinajstić information content (AvgIpc) is 2.74. The van der Waals surface area contributed by atoms with Crippen LogP contribution >= 0.6 is 11.6 Å². The van der Waals surface area contributed by atoms with Gasteiger partial charge >= 0.3 is 6.18 Å². The Balaban J connectivity index is 1.31. The SMILES string of the molecule is FC(F)(F)c1cccc(CCOc2ccc(Cl)cc2OC2CN(Cc3ccccc3)C2)c1. The third-order valence-electron chi connectivity index (χ3n) is 5.27. The first-order valence-corrected chi connectivity index (χ1v) is 10.8. The summed E-state index contributed by atoms with van der Waals surface area (Å²) in [6.07, 6.45) is -3.98. The first-order valence-electron chi connectivity index (χ1n) is 10.4. The highest BCUT2D eigenvalue weighted by Crippen LogP contribution is 2.33. The number of likely N-dealkylation sites (tertiary alicyclic amines) is 1. The molecular weight excluding hydrogens is 439 g/mol. The second kappa shape index (κ2) is 9.84. The van der Waals surface area contributed by atoms with E-state index in [1.165, 1.54) is 11.6 Å². The van der Waals surface area contributed by atoms with Crippen molar-refractivity contribution in [3.8, 4) is 11.5 Å². The summed E-state index contributed by atoms with van der Waals surface area (Å²) >= 11 is 6.14. The van der Waals surface area contributed by atoms with Crippen molar-refractivity contribution >= 4 is 11.6 Å². The summed E-state index contributed by atoms with van der Waals surface area (Å²) in [5.41, 5.74) is 1.16. The minimum Gasteiger partial charge on any atom is -0.489 e. The van der Waals surface area contributed by atoms with Gasteiger partial charge in [-0.25, -0.2) is 0 Å². The highest BCUT2D eigenvalue weighted by Gasteiger charge is 2.30. The summed E-state index contributed by atoms with van der Waals surface area (Å²) in [4.78, 5) is 2.29. The predicted molar refractivity (Wildman–Crippen MR) is 118 cm³/mol. The lowest BCUT2D eigenvalue weighted by atomic mass is 10.1. The summed E-state index contributed by atoms with van der Waals surface area (Å²) < 4.78 is 50.6. The molecule has 7 heteroatoms. The number of rotatable bonds is 8. The smallest absolute Gasteiger partial charge is 0.416 e. The maximum absolute atomic E-state index is 12.9. The van der Waals surface area contributed by atoms with Gasteiger partial charge in [-0.2, -0.15) is 13.2 Å². The van der Waals surface area contributed by atoms with Crippen LogP contribution in [0.2, 0.25) is 5.02 Å². The van der Waals surface area contributed by atoms with Crippen LogP contribution in [-0.4, -0.2) is 30.7 Å². The molecule has 1 saturated heterocycles. The van der Waals surface area contributed by atoms with Gasteiger partial charge < -0.3 is 9.47 Å². The van der Waals surface area contributed by atoms with E-state index in [1.807, 2.05) is 18.2 Å². The maximum Gasteiger partial charge on any atom is 0.416 e. The van der Waals surface area contributed by atoms with E-state index < -0.39 is 11.7 Å². The first kappa shape index (κ1) is 22.5. The van der Waals surface area contributed by atoms with Gasteiger partial charge in [0, 0.05) is 37.1 Å². The number of hydrogen-bond acceptors (Lipinski definition) is 3. The van der Waals surface area contributed by atoms with Crippen molar-refractivity contribution in [3.63, 3.8) is 0 Å². The van der Waals surface area contributed by atoms with Gasteiger partial charge in [0.15, 0.2) is 11.5 Å². The van der Waals surface area contributed by atoms with Gasteiger partial charge in [0.2, 0.25) is 0 Å². The van der Waals surface area contributed by atoms with Crippen molar-refractivity contribution in [2.75, 3.05) is 19.7 Å². The monoisotopic (exact) mass is 461 g/mol. The highest BCUT2D eigenvalue weighted by atomic mass is 35.5. The summed E-state index contributed by atoms with van der Waals surface area (Å²) in [6, 6.07) is 20.7. The van der Waals surface area contributed by atoms with Crippen LogP contribution in [0.1, 0.15) is 16.7 Å². The van der Waals surface area contributed by atoms with E-state index in [-0.39, 0.29) is 12.7 Å². The van der Waals surface area contributed by atoms with Crippen LogP contribution < -0.4 is 9.47 Å². The van der Waals surface area contributed by atoms with E-state index in [0.29, 0.717) is 28.5 Å². The van der Waals surface area contributed by atoms with Crippen LogP contribution in [0.3, 0.4) is 0 Å². The number of halogens is 4. The fourth-order valence-corrected chi connectivity index (χ4v) is 3.78. The van der Waals surface area contributed by atoms with Gasteiger partial charge in [-0.1, -0.05) is 60.1 Å². The minimum absolute atomic E-state index is 0.0306. The van der Waals surface area contributed by atoms with E-state index in [0.717, 1.165) is 31.8 Å². The largest absolute Gasteiger partial charge is 0.489 e. The van der Waals surface area contributed by atoms with Crippen LogP contribution in [0.15, 0.2) is 72.8 Å². The summed E-state index contributed by atoms with van der Waals surface area (Å²) in [5.74, 6) is 1.08. The number of hydrogen-bond donors (Lipinski definition) is 0. The molecule has 1 heterocycles. The second-order valence-corrected chi connectivity index (χ2v) is 8.24. The van der Waals surface area contributed by atoms with Crippen LogP contribution in [0, 0.1) is 0 Å². The zero-order valence-corrected chi connectivity index (χ0v) is 18.1. The number of alkyl halides is 3. The minimum atomic E-state index is -4.36. The van der Waals surface area contributed by atoms with E-state index in [2.05, 4.69) is 17.0 Å². The number of ether oxygens (including phenoxy) is 2. The Morgan fingerprint density at radius 3 is 2.38 bits per heavy atom.